The molecule has 0 unspecified atom stereocenters. The molecule has 1 aromatic heterocycles. The van der Waals surface area contributed by atoms with Crippen LogP contribution in [-0.2, 0) is 4.74 Å². The number of nitrogens with one attached hydrogen (secondary N) is 2. The molecular formula is C16H25N5O. The zero-order valence-corrected chi connectivity index (χ0v) is 13.1. The van der Waals surface area contributed by atoms with Crippen molar-refractivity contribution in [2.75, 3.05) is 50.0 Å². The SMILES string of the molecule is c1c(NCCN2CCOCC2)nc(NC2CC2)nc1C1CC1. The van der Waals surface area contributed by atoms with E-state index in [4.69, 9.17) is 4.74 Å². The molecule has 3 aliphatic rings. The number of rotatable bonds is 7. The van der Waals surface area contributed by atoms with Gasteiger partial charge in [0.1, 0.15) is 5.82 Å². The third-order valence-electron chi connectivity index (χ3n) is 4.49. The monoisotopic (exact) mass is 303 g/mol. The molecule has 22 heavy (non-hydrogen) atoms. The van der Waals surface area contributed by atoms with Crippen molar-refractivity contribution in [3.05, 3.63) is 11.8 Å². The topological polar surface area (TPSA) is 62.3 Å². The minimum absolute atomic E-state index is 0.593. The Hall–Kier alpha value is -1.40. The zero-order chi connectivity index (χ0) is 14.8. The number of aromatic nitrogens is 2. The summed E-state index contributed by atoms with van der Waals surface area (Å²) in [7, 11) is 0. The second-order valence-corrected chi connectivity index (χ2v) is 6.58. The lowest BCUT2D eigenvalue weighted by atomic mass is 10.3. The smallest absolute Gasteiger partial charge is 0.225 e. The predicted molar refractivity (Wildman–Crippen MR) is 86.4 cm³/mol. The molecule has 2 N–H and O–H groups in total. The van der Waals surface area contributed by atoms with Gasteiger partial charge in [-0.2, -0.15) is 4.98 Å². The molecule has 0 aromatic carbocycles. The van der Waals surface area contributed by atoms with Gasteiger partial charge < -0.3 is 15.4 Å². The van der Waals surface area contributed by atoms with Gasteiger partial charge in [-0.1, -0.05) is 0 Å². The third-order valence-corrected chi connectivity index (χ3v) is 4.49. The van der Waals surface area contributed by atoms with E-state index in [2.05, 4.69) is 31.6 Å². The highest BCUT2D eigenvalue weighted by molar-refractivity contribution is 5.44. The lowest BCUT2D eigenvalue weighted by Crippen LogP contribution is -2.39. The van der Waals surface area contributed by atoms with E-state index in [9.17, 15) is 0 Å². The van der Waals surface area contributed by atoms with E-state index in [1.54, 1.807) is 0 Å². The molecule has 1 aromatic rings. The van der Waals surface area contributed by atoms with Crippen LogP contribution in [0.15, 0.2) is 6.07 Å². The van der Waals surface area contributed by atoms with Crippen LogP contribution < -0.4 is 10.6 Å². The Morgan fingerprint density at radius 2 is 1.95 bits per heavy atom. The largest absolute Gasteiger partial charge is 0.379 e. The summed E-state index contributed by atoms with van der Waals surface area (Å²) in [6.07, 6.45) is 5.04. The lowest BCUT2D eigenvalue weighted by Gasteiger charge is -2.26. The molecule has 6 nitrogen and oxygen atoms in total. The maximum atomic E-state index is 5.38. The van der Waals surface area contributed by atoms with Crippen molar-refractivity contribution in [1.29, 1.82) is 0 Å². The van der Waals surface area contributed by atoms with Crippen LogP contribution in [0.4, 0.5) is 11.8 Å². The van der Waals surface area contributed by atoms with Crippen LogP contribution in [0.2, 0.25) is 0 Å². The highest BCUT2D eigenvalue weighted by Crippen LogP contribution is 2.40. The summed E-state index contributed by atoms with van der Waals surface area (Å²) in [6.45, 7) is 5.74. The molecule has 0 spiro atoms. The Kier molecular flexibility index (Phi) is 4.12. The first kappa shape index (κ1) is 14.2. The van der Waals surface area contributed by atoms with E-state index in [1.807, 2.05) is 0 Å². The average Bonchev–Trinajstić information content (AvgIpc) is 3.42. The Morgan fingerprint density at radius 3 is 2.68 bits per heavy atom. The number of nitrogens with zero attached hydrogens (tertiary/aromatic N) is 3. The van der Waals surface area contributed by atoms with E-state index in [-0.39, 0.29) is 0 Å². The van der Waals surface area contributed by atoms with Gasteiger partial charge in [0.15, 0.2) is 0 Å². The van der Waals surface area contributed by atoms with Gasteiger partial charge in [-0.05, 0) is 25.7 Å². The predicted octanol–water partition coefficient (Wildman–Crippen LogP) is 1.67. The van der Waals surface area contributed by atoms with Crippen molar-refractivity contribution < 1.29 is 4.74 Å². The van der Waals surface area contributed by atoms with E-state index in [1.165, 1.54) is 31.4 Å². The van der Waals surface area contributed by atoms with Gasteiger partial charge in [0.25, 0.3) is 0 Å². The highest BCUT2D eigenvalue weighted by Gasteiger charge is 2.27. The summed E-state index contributed by atoms with van der Waals surface area (Å²) in [5, 5.41) is 6.91. The number of ether oxygens (including phenoxy) is 1. The molecule has 0 amide bonds. The average molecular weight is 303 g/mol. The number of anilines is 2. The summed E-state index contributed by atoms with van der Waals surface area (Å²) in [4.78, 5) is 11.7. The van der Waals surface area contributed by atoms with E-state index in [0.29, 0.717) is 12.0 Å². The second-order valence-electron chi connectivity index (χ2n) is 6.58. The van der Waals surface area contributed by atoms with Crippen molar-refractivity contribution in [3.8, 4) is 0 Å². The van der Waals surface area contributed by atoms with Gasteiger partial charge in [-0.25, -0.2) is 4.98 Å². The zero-order valence-electron chi connectivity index (χ0n) is 13.1. The van der Waals surface area contributed by atoms with Crippen molar-refractivity contribution in [2.24, 2.45) is 0 Å². The van der Waals surface area contributed by atoms with Gasteiger partial charge in [0.2, 0.25) is 5.95 Å². The molecule has 2 saturated carbocycles. The molecule has 0 bridgehead atoms. The molecule has 1 aliphatic heterocycles. The van der Waals surface area contributed by atoms with Gasteiger partial charge >= 0.3 is 0 Å². The molecule has 1 saturated heterocycles. The first-order chi connectivity index (χ1) is 10.9. The fourth-order valence-corrected chi connectivity index (χ4v) is 2.79. The van der Waals surface area contributed by atoms with E-state index >= 15 is 0 Å². The van der Waals surface area contributed by atoms with Crippen molar-refractivity contribution in [2.45, 2.75) is 37.6 Å². The molecule has 3 fully saturated rings. The van der Waals surface area contributed by atoms with Crippen LogP contribution in [-0.4, -0.2) is 60.3 Å². The molecule has 2 heterocycles. The standard InChI is InChI=1S/C16H25N5O/c1-2-12(1)14-11-15(20-16(19-14)18-13-3-4-13)17-5-6-21-7-9-22-10-8-21/h11-13H,1-10H2,(H2,17,18,19,20). The summed E-state index contributed by atoms with van der Waals surface area (Å²) >= 11 is 0. The molecule has 4 rings (SSSR count). The number of hydrogen-bond donors (Lipinski definition) is 2. The van der Waals surface area contributed by atoms with Crippen LogP contribution in [0, 0.1) is 0 Å². The maximum absolute atomic E-state index is 5.38. The molecular weight excluding hydrogens is 278 g/mol. The molecule has 2 aliphatic carbocycles. The molecule has 6 heteroatoms. The van der Waals surface area contributed by atoms with Gasteiger partial charge in [-0.15, -0.1) is 0 Å². The van der Waals surface area contributed by atoms with Crippen LogP contribution in [0.25, 0.3) is 0 Å². The van der Waals surface area contributed by atoms with Gasteiger partial charge in [0, 0.05) is 44.2 Å². The number of morpholine rings is 1. The fraction of sp³-hybridized carbons (Fsp3) is 0.750. The molecule has 0 radical (unpaired) electrons. The summed E-state index contributed by atoms with van der Waals surface area (Å²) < 4.78 is 5.38. The Morgan fingerprint density at radius 1 is 1.14 bits per heavy atom. The Bertz CT molecular complexity index is 509. The van der Waals surface area contributed by atoms with Crippen molar-refractivity contribution in [3.63, 3.8) is 0 Å². The van der Waals surface area contributed by atoms with Crippen molar-refractivity contribution in [1.82, 2.24) is 14.9 Å². The van der Waals surface area contributed by atoms with Crippen LogP contribution >= 0.6 is 0 Å². The van der Waals surface area contributed by atoms with E-state index < -0.39 is 0 Å². The molecule has 120 valence electrons. The summed E-state index contributed by atoms with van der Waals surface area (Å²) in [5.41, 5.74) is 1.20. The minimum atomic E-state index is 0.593. The maximum Gasteiger partial charge on any atom is 0.225 e. The Labute approximate surface area is 131 Å². The van der Waals surface area contributed by atoms with Gasteiger partial charge in [0.05, 0.1) is 18.9 Å². The van der Waals surface area contributed by atoms with Crippen LogP contribution in [0.5, 0.6) is 0 Å². The first-order valence-corrected chi connectivity index (χ1v) is 8.56. The lowest BCUT2D eigenvalue weighted by molar-refractivity contribution is 0.0398. The van der Waals surface area contributed by atoms with Gasteiger partial charge in [-0.3, -0.25) is 4.90 Å². The first-order valence-electron chi connectivity index (χ1n) is 8.56. The minimum Gasteiger partial charge on any atom is -0.379 e. The quantitative estimate of drug-likeness (QED) is 0.799. The fourth-order valence-electron chi connectivity index (χ4n) is 2.79. The third kappa shape index (κ3) is 3.87. The van der Waals surface area contributed by atoms with E-state index in [0.717, 1.165) is 51.2 Å². The normalized spacial score (nSPS) is 22.5. The Balaban J connectivity index is 1.35. The van der Waals surface area contributed by atoms with Crippen LogP contribution in [0.1, 0.15) is 37.3 Å². The number of hydrogen-bond acceptors (Lipinski definition) is 6. The summed E-state index contributed by atoms with van der Waals surface area (Å²) in [6, 6.07) is 2.73. The molecule has 0 atom stereocenters. The van der Waals surface area contributed by atoms with Crippen LogP contribution in [0.3, 0.4) is 0 Å². The second kappa shape index (κ2) is 6.38. The van der Waals surface area contributed by atoms with Crippen molar-refractivity contribution >= 4 is 11.8 Å². The highest BCUT2D eigenvalue weighted by atomic mass is 16.5. The summed E-state index contributed by atoms with van der Waals surface area (Å²) in [5.74, 6) is 2.43.